The number of pyridine rings is 1. The predicted octanol–water partition coefficient (Wildman–Crippen LogP) is 4.13. The minimum absolute atomic E-state index is 0.158. The van der Waals surface area contributed by atoms with E-state index >= 15 is 0 Å². The van der Waals surface area contributed by atoms with Crippen molar-refractivity contribution in [2.24, 2.45) is 0 Å². The van der Waals surface area contributed by atoms with E-state index in [-0.39, 0.29) is 5.91 Å². The highest BCUT2D eigenvalue weighted by Crippen LogP contribution is 2.40. The van der Waals surface area contributed by atoms with Gasteiger partial charge in [-0.15, -0.1) is 0 Å². The monoisotopic (exact) mass is 377 g/mol. The zero-order chi connectivity index (χ0) is 18.2. The molecule has 4 nitrogen and oxygen atoms in total. The topological polar surface area (TPSA) is 36.4 Å². The van der Waals surface area contributed by atoms with Crippen molar-refractivity contribution < 1.29 is 4.79 Å². The van der Waals surface area contributed by atoms with Crippen LogP contribution < -0.4 is 0 Å². The van der Waals surface area contributed by atoms with E-state index in [0.717, 1.165) is 54.9 Å². The van der Waals surface area contributed by atoms with Gasteiger partial charge >= 0.3 is 0 Å². The third-order valence-electron chi connectivity index (χ3n) is 5.61. The molecule has 0 radical (unpaired) electrons. The maximum Gasteiger partial charge on any atom is 0.254 e. The van der Waals surface area contributed by atoms with E-state index in [1.807, 2.05) is 29.2 Å². The Balaban J connectivity index is 1.35. The molecule has 138 valence electrons. The summed E-state index contributed by atoms with van der Waals surface area (Å²) in [6.45, 7) is 4.42. The van der Waals surface area contributed by atoms with Gasteiger partial charge in [0.1, 0.15) is 0 Å². The van der Waals surface area contributed by atoms with Gasteiger partial charge in [0.2, 0.25) is 0 Å². The molecule has 27 heavy (non-hydrogen) atoms. The highest BCUT2D eigenvalue weighted by atomic mass is 32.1. The van der Waals surface area contributed by atoms with Crippen LogP contribution in [-0.4, -0.2) is 46.9 Å². The van der Waals surface area contributed by atoms with Crippen molar-refractivity contribution >= 4 is 28.1 Å². The van der Waals surface area contributed by atoms with E-state index in [4.69, 9.17) is 4.98 Å². The highest BCUT2D eigenvalue weighted by Gasteiger charge is 2.29. The SMILES string of the molecule is O=C(c1cc(C2CC2)nc2ccccc12)N1CCN(Cc2ccsc2)CC1. The number of rotatable bonds is 4. The number of piperazine rings is 1. The average molecular weight is 378 g/mol. The van der Waals surface area contributed by atoms with E-state index in [1.165, 1.54) is 18.4 Å². The maximum atomic E-state index is 13.3. The van der Waals surface area contributed by atoms with Crippen LogP contribution in [0.3, 0.4) is 0 Å². The van der Waals surface area contributed by atoms with Gasteiger partial charge in [-0.25, -0.2) is 0 Å². The van der Waals surface area contributed by atoms with Gasteiger partial charge in [-0.05, 0) is 47.4 Å². The number of amides is 1. The molecule has 3 heterocycles. The van der Waals surface area contributed by atoms with Crippen LogP contribution in [0.4, 0.5) is 0 Å². The standard InChI is InChI=1S/C22H23N3OS/c26-22(25-10-8-24(9-11-25)14-16-7-12-27-15-16)19-13-21(17-5-6-17)23-20-4-2-1-3-18(19)20/h1-4,7,12-13,15,17H,5-6,8-11,14H2. The fourth-order valence-corrected chi connectivity index (χ4v) is 4.54. The molecule has 5 heteroatoms. The van der Waals surface area contributed by atoms with E-state index in [0.29, 0.717) is 5.92 Å². The Bertz CT molecular complexity index is 957. The lowest BCUT2D eigenvalue weighted by Crippen LogP contribution is -2.48. The molecule has 1 aliphatic carbocycles. The zero-order valence-corrected chi connectivity index (χ0v) is 16.1. The van der Waals surface area contributed by atoms with Crippen LogP contribution in [-0.2, 0) is 6.54 Å². The molecular formula is C22H23N3OS. The molecule has 1 saturated carbocycles. The number of carbonyl (C=O) groups is 1. The lowest BCUT2D eigenvalue weighted by molar-refractivity contribution is 0.0630. The van der Waals surface area contributed by atoms with Gasteiger partial charge < -0.3 is 4.90 Å². The molecule has 0 N–H and O–H groups in total. The molecule has 0 atom stereocenters. The van der Waals surface area contributed by atoms with Crippen molar-refractivity contribution in [2.75, 3.05) is 26.2 Å². The molecule has 0 unspecified atom stereocenters. The first-order valence-corrected chi connectivity index (χ1v) is 10.6. The van der Waals surface area contributed by atoms with Crippen molar-refractivity contribution in [1.29, 1.82) is 0 Å². The van der Waals surface area contributed by atoms with Gasteiger partial charge in [-0.3, -0.25) is 14.7 Å². The first kappa shape index (κ1) is 16.9. The molecule has 1 amide bonds. The van der Waals surface area contributed by atoms with Crippen LogP contribution in [0.1, 0.15) is 40.4 Å². The summed E-state index contributed by atoms with van der Waals surface area (Å²) in [6, 6.07) is 12.3. The van der Waals surface area contributed by atoms with E-state index in [1.54, 1.807) is 11.3 Å². The Morgan fingerprint density at radius 1 is 1.11 bits per heavy atom. The van der Waals surface area contributed by atoms with Crippen molar-refractivity contribution in [2.45, 2.75) is 25.3 Å². The lowest BCUT2D eigenvalue weighted by atomic mass is 10.0. The number of fused-ring (bicyclic) bond motifs is 1. The number of aromatic nitrogens is 1. The third kappa shape index (κ3) is 3.49. The van der Waals surface area contributed by atoms with Crippen LogP contribution in [0.2, 0.25) is 0 Å². The molecule has 1 aliphatic heterocycles. The van der Waals surface area contributed by atoms with E-state index < -0.39 is 0 Å². The Kier molecular flexibility index (Phi) is 4.42. The number of hydrogen-bond donors (Lipinski definition) is 0. The number of para-hydroxylation sites is 1. The van der Waals surface area contributed by atoms with Crippen LogP contribution in [0.5, 0.6) is 0 Å². The molecule has 2 fully saturated rings. The minimum Gasteiger partial charge on any atom is -0.336 e. The predicted molar refractivity (Wildman–Crippen MR) is 109 cm³/mol. The van der Waals surface area contributed by atoms with Gasteiger partial charge in [-0.1, -0.05) is 18.2 Å². The number of thiophene rings is 1. The minimum atomic E-state index is 0.158. The second-order valence-electron chi connectivity index (χ2n) is 7.59. The molecule has 1 aromatic carbocycles. The normalized spacial score (nSPS) is 18.1. The molecule has 3 aromatic rings. The van der Waals surface area contributed by atoms with Crippen LogP contribution in [0, 0.1) is 0 Å². The van der Waals surface area contributed by atoms with Gasteiger partial charge in [0.25, 0.3) is 5.91 Å². The summed E-state index contributed by atoms with van der Waals surface area (Å²) in [7, 11) is 0. The van der Waals surface area contributed by atoms with Gasteiger partial charge in [0.15, 0.2) is 0 Å². The fraction of sp³-hybridized carbons (Fsp3) is 0.364. The third-order valence-corrected chi connectivity index (χ3v) is 6.34. The van der Waals surface area contributed by atoms with Crippen LogP contribution in [0.15, 0.2) is 47.2 Å². The van der Waals surface area contributed by atoms with Gasteiger partial charge in [-0.2, -0.15) is 11.3 Å². The lowest BCUT2D eigenvalue weighted by Gasteiger charge is -2.34. The quantitative estimate of drug-likeness (QED) is 0.686. The van der Waals surface area contributed by atoms with Crippen LogP contribution in [0.25, 0.3) is 10.9 Å². The maximum absolute atomic E-state index is 13.3. The van der Waals surface area contributed by atoms with Crippen molar-refractivity contribution in [3.05, 3.63) is 64.0 Å². The Morgan fingerprint density at radius 3 is 2.67 bits per heavy atom. The first-order chi connectivity index (χ1) is 13.3. The molecular weight excluding hydrogens is 354 g/mol. The smallest absolute Gasteiger partial charge is 0.254 e. The summed E-state index contributed by atoms with van der Waals surface area (Å²) in [5.41, 5.74) is 4.23. The number of benzene rings is 1. The van der Waals surface area contributed by atoms with E-state index in [9.17, 15) is 4.79 Å². The summed E-state index contributed by atoms with van der Waals surface area (Å²) in [5, 5.41) is 5.31. The summed E-state index contributed by atoms with van der Waals surface area (Å²) in [5.74, 6) is 0.703. The second kappa shape index (κ2) is 7.06. The number of hydrogen-bond acceptors (Lipinski definition) is 4. The Hall–Kier alpha value is -2.24. The molecule has 2 aliphatic rings. The summed E-state index contributed by atoms with van der Waals surface area (Å²) in [4.78, 5) is 22.6. The Morgan fingerprint density at radius 2 is 1.93 bits per heavy atom. The van der Waals surface area contributed by atoms with Crippen molar-refractivity contribution in [3.8, 4) is 0 Å². The van der Waals surface area contributed by atoms with E-state index in [2.05, 4.69) is 27.8 Å². The fourth-order valence-electron chi connectivity index (χ4n) is 3.88. The Labute approximate surface area is 163 Å². The molecule has 1 saturated heterocycles. The van der Waals surface area contributed by atoms with Gasteiger partial charge in [0.05, 0.1) is 11.1 Å². The molecule has 2 aromatic heterocycles. The van der Waals surface area contributed by atoms with Crippen LogP contribution >= 0.6 is 11.3 Å². The summed E-state index contributed by atoms with van der Waals surface area (Å²) < 4.78 is 0. The molecule has 0 spiro atoms. The summed E-state index contributed by atoms with van der Waals surface area (Å²) >= 11 is 1.74. The largest absolute Gasteiger partial charge is 0.336 e. The average Bonchev–Trinajstić information content (AvgIpc) is 3.44. The molecule has 5 rings (SSSR count). The summed E-state index contributed by atoms with van der Waals surface area (Å²) in [6.07, 6.45) is 2.39. The number of carbonyl (C=O) groups excluding carboxylic acids is 1. The highest BCUT2D eigenvalue weighted by molar-refractivity contribution is 7.07. The van der Waals surface area contributed by atoms with Gasteiger partial charge in [0, 0.05) is 49.7 Å². The van der Waals surface area contributed by atoms with Crippen molar-refractivity contribution in [1.82, 2.24) is 14.8 Å². The number of nitrogens with zero attached hydrogens (tertiary/aromatic N) is 3. The molecule has 0 bridgehead atoms. The second-order valence-corrected chi connectivity index (χ2v) is 8.37. The van der Waals surface area contributed by atoms with Crippen molar-refractivity contribution in [3.63, 3.8) is 0 Å². The zero-order valence-electron chi connectivity index (χ0n) is 15.3. The first-order valence-electron chi connectivity index (χ1n) is 9.70.